The third kappa shape index (κ3) is 62.7. The Kier molecular flexibility index (Phi) is 59.3. The van der Waals surface area contributed by atoms with Crippen LogP contribution in [0.5, 0.6) is 0 Å². The van der Waals surface area contributed by atoms with Gasteiger partial charge in [-0.2, -0.15) is 0 Å². The topological polar surface area (TPSA) is 108 Å². The Balaban J connectivity index is 3.98. The lowest BCUT2D eigenvalue weighted by molar-refractivity contribution is -0.870. The van der Waals surface area contributed by atoms with Gasteiger partial charge in [0.25, 0.3) is 7.82 Å². The van der Waals surface area contributed by atoms with Crippen LogP contribution in [0.2, 0.25) is 0 Å². The van der Waals surface area contributed by atoms with Crippen molar-refractivity contribution in [3.05, 3.63) is 12.2 Å². The average Bonchev–Trinajstić information content (AvgIpc) is 3.39. The average molecular weight is 1110 g/mol. The number of phosphoric ester groups is 1. The Morgan fingerprint density at radius 1 is 0.442 bits per heavy atom. The summed E-state index contributed by atoms with van der Waals surface area (Å²) in [6.45, 7) is 4.72. The number of rotatable bonds is 65. The summed E-state index contributed by atoms with van der Waals surface area (Å²) >= 11 is 0. The van der Waals surface area contributed by atoms with Crippen LogP contribution in [0.1, 0.15) is 367 Å². The summed E-state index contributed by atoms with van der Waals surface area (Å²) in [6, 6.07) is -0.883. The number of carbonyl (C=O) groups is 1. The van der Waals surface area contributed by atoms with E-state index in [1.54, 1.807) is 6.08 Å². The number of aliphatic hydroxyl groups excluding tert-OH is 1. The van der Waals surface area contributed by atoms with Gasteiger partial charge in [0, 0.05) is 6.42 Å². The van der Waals surface area contributed by atoms with E-state index in [9.17, 15) is 19.4 Å². The highest BCUT2D eigenvalue weighted by atomic mass is 31.2. The van der Waals surface area contributed by atoms with E-state index in [4.69, 9.17) is 9.05 Å². The Morgan fingerprint density at radius 3 is 0.974 bits per heavy atom. The van der Waals surface area contributed by atoms with Crippen LogP contribution in [-0.2, 0) is 18.4 Å². The molecule has 0 aliphatic carbocycles. The van der Waals surface area contributed by atoms with Gasteiger partial charge in [-0.25, -0.2) is 0 Å². The van der Waals surface area contributed by atoms with Gasteiger partial charge in [-0.05, 0) is 19.3 Å². The molecule has 1 amide bonds. The van der Waals surface area contributed by atoms with Crippen molar-refractivity contribution in [1.29, 1.82) is 0 Å². The van der Waals surface area contributed by atoms with Crippen molar-refractivity contribution in [1.82, 2.24) is 5.32 Å². The van der Waals surface area contributed by atoms with E-state index in [1.807, 2.05) is 27.2 Å². The molecule has 0 rings (SSSR count). The Hall–Kier alpha value is -0.760. The van der Waals surface area contributed by atoms with Crippen molar-refractivity contribution in [2.24, 2.45) is 0 Å². The highest BCUT2D eigenvalue weighted by Gasteiger charge is 2.23. The van der Waals surface area contributed by atoms with Crippen molar-refractivity contribution in [2.75, 3.05) is 40.9 Å². The molecule has 0 bridgehead atoms. The van der Waals surface area contributed by atoms with Gasteiger partial charge in [-0.1, -0.05) is 353 Å². The molecule has 9 heteroatoms. The van der Waals surface area contributed by atoms with Crippen molar-refractivity contribution in [2.45, 2.75) is 379 Å². The van der Waals surface area contributed by atoms with Gasteiger partial charge in [0.15, 0.2) is 0 Å². The normalized spacial score (nSPS) is 13.7. The molecule has 8 nitrogen and oxygen atoms in total. The Bertz CT molecular complexity index is 1260. The molecule has 0 aliphatic rings. The summed E-state index contributed by atoms with van der Waals surface area (Å²) in [5.41, 5.74) is 0. The number of hydrogen-bond acceptors (Lipinski definition) is 6. The molecule has 0 saturated carbocycles. The summed E-state index contributed by atoms with van der Waals surface area (Å²) in [5, 5.41) is 14.0. The van der Waals surface area contributed by atoms with E-state index in [-0.39, 0.29) is 19.1 Å². The number of nitrogens with one attached hydrogen (secondary N) is 1. The van der Waals surface area contributed by atoms with Crippen molar-refractivity contribution >= 4 is 13.7 Å². The number of hydrogen-bond donors (Lipinski definition) is 2. The van der Waals surface area contributed by atoms with E-state index < -0.39 is 20.0 Å². The lowest BCUT2D eigenvalue weighted by atomic mass is 10.0. The molecule has 2 N–H and O–H groups in total. The molecule has 0 heterocycles. The number of nitrogens with zero attached hydrogens (tertiary/aromatic N) is 1. The molecule has 0 aromatic heterocycles. The van der Waals surface area contributed by atoms with E-state index in [0.29, 0.717) is 17.4 Å². The van der Waals surface area contributed by atoms with Crippen molar-refractivity contribution < 1.29 is 32.9 Å². The van der Waals surface area contributed by atoms with Gasteiger partial charge in [-0.15, -0.1) is 0 Å². The lowest BCUT2D eigenvalue weighted by Crippen LogP contribution is -2.45. The van der Waals surface area contributed by atoms with Crippen LogP contribution in [0.15, 0.2) is 12.2 Å². The summed E-state index contributed by atoms with van der Waals surface area (Å²) in [5.74, 6) is -0.188. The fourth-order valence-corrected chi connectivity index (χ4v) is 11.6. The maximum atomic E-state index is 13.0. The number of phosphoric acid groups is 1. The number of carbonyl (C=O) groups excluding carboxylic acids is 1. The molecule has 0 radical (unpaired) electrons. The zero-order chi connectivity index (χ0) is 56.3. The van der Waals surface area contributed by atoms with Gasteiger partial charge in [-0.3, -0.25) is 9.36 Å². The minimum Gasteiger partial charge on any atom is -0.756 e. The second kappa shape index (κ2) is 59.8. The molecule has 3 atom stereocenters. The first-order valence-corrected chi connectivity index (χ1v) is 36.0. The Labute approximate surface area is 482 Å². The third-order valence-electron chi connectivity index (χ3n) is 16.2. The van der Waals surface area contributed by atoms with E-state index in [0.717, 1.165) is 38.5 Å². The first-order chi connectivity index (χ1) is 37.5. The number of unbranched alkanes of at least 4 members (excludes halogenated alkanes) is 52. The maximum absolute atomic E-state index is 13.0. The van der Waals surface area contributed by atoms with Gasteiger partial charge < -0.3 is 28.8 Å². The minimum absolute atomic E-state index is 0.00292. The second-order valence-corrected chi connectivity index (χ2v) is 26.7. The first kappa shape index (κ1) is 76.2. The summed E-state index contributed by atoms with van der Waals surface area (Å²) < 4.78 is 23.4. The second-order valence-electron chi connectivity index (χ2n) is 25.3. The first-order valence-electron chi connectivity index (χ1n) is 34.6. The highest BCUT2D eigenvalue weighted by Crippen LogP contribution is 2.38. The van der Waals surface area contributed by atoms with Gasteiger partial charge in [0.2, 0.25) is 5.91 Å². The summed E-state index contributed by atoms with van der Waals surface area (Å²) in [6.07, 6.45) is 76.2. The van der Waals surface area contributed by atoms with Gasteiger partial charge in [0.1, 0.15) is 13.2 Å². The molecule has 0 aromatic carbocycles. The van der Waals surface area contributed by atoms with Crippen molar-refractivity contribution in [3.8, 4) is 0 Å². The minimum atomic E-state index is -4.60. The van der Waals surface area contributed by atoms with E-state index in [2.05, 4.69) is 19.2 Å². The fourth-order valence-electron chi connectivity index (χ4n) is 10.9. The highest BCUT2D eigenvalue weighted by molar-refractivity contribution is 7.45. The number of likely N-dealkylation sites (N-methyl/N-ethyl adjacent to an activating group) is 1. The fraction of sp³-hybridized carbons (Fsp3) is 0.956. The number of quaternary nitrogens is 1. The molecule has 3 unspecified atom stereocenters. The summed E-state index contributed by atoms with van der Waals surface area (Å²) in [7, 11) is 1.28. The molecule has 0 spiro atoms. The molecule has 77 heavy (non-hydrogen) atoms. The van der Waals surface area contributed by atoms with Gasteiger partial charge >= 0.3 is 0 Å². The molecule has 460 valence electrons. The molecule has 0 saturated heterocycles. The predicted octanol–water partition coefficient (Wildman–Crippen LogP) is 21.1. The maximum Gasteiger partial charge on any atom is 0.268 e. The van der Waals surface area contributed by atoms with Crippen LogP contribution < -0.4 is 10.2 Å². The summed E-state index contributed by atoms with van der Waals surface area (Å²) in [4.78, 5) is 25.6. The van der Waals surface area contributed by atoms with E-state index in [1.165, 1.54) is 308 Å². The zero-order valence-corrected chi connectivity index (χ0v) is 53.6. The van der Waals surface area contributed by atoms with Crippen molar-refractivity contribution in [3.63, 3.8) is 0 Å². The predicted molar refractivity (Wildman–Crippen MR) is 335 cm³/mol. The van der Waals surface area contributed by atoms with Crippen LogP contribution in [0.25, 0.3) is 0 Å². The zero-order valence-electron chi connectivity index (χ0n) is 52.7. The number of aliphatic hydroxyl groups is 1. The molecular weight excluding hydrogens is 972 g/mol. The molecule has 0 aromatic rings. The number of amides is 1. The van der Waals surface area contributed by atoms with Crippen LogP contribution in [-0.4, -0.2) is 68.5 Å². The quantitative estimate of drug-likeness (QED) is 0.0272. The smallest absolute Gasteiger partial charge is 0.268 e. The van der Waals surface area contributed by atoms with Crippen LogP contribution in [0.4, 0.5) is 0 Å². The van der Waals surface area contributed by atoms with Crippen LogP contribution >= 0.6 is 7.82 Å². The van der Waals surface area contributed by atoms with Crippen LogP contribution in [0, 0.1) is 0 Å². The molecular formula is C68H137N2O6P. The monoisotopic (exact) mass is 1110 g/mol. The number of allylic oxidation sites excluding steroid dienone is 1. The SMILES string of the molecule is CCCCCCCCCCCCCCCCCCCCC/C=C/C(O)C(COP(=O)([O-])OCC[N+](C)(C)C)NC(=O)CCCCCCCCCCCCCCCCCCCCCCCCCCCCCCCCCCCC. The lowest BCUT2D eigenvalue weighted by Gasteiger charge is -2.29. The molecule has 0 aliphatic heterocycles. The third-order valence-corrected chi connectivity index (χ3v) is 17.2. The largest absolute Gasteiger partial charge is 0.756 e. The standard InChI is InChI=1S/C68H137N2O6P/c1-6-8-10-12-14-16-18-20-22-24-26-28-29-30-31-32-33-34-35-36-37-38-39-40-42-44-46-48-50-52-54-56-58-60-62-68(72)69-66(65-76-77(73,74)75-64-63-70(3,4)5)67(71)61-59-57-55-53-51-49-47-45-43-41-27-25-23-21-19-17-15-13-11-9-7-2/h59,61,66-67,71H,6-58,60,62-65H2,1-5H3,(H-,69,72,73,74)/b61-59+. The van der Waals surface area contributed by atoms with E-state index >= 15 is 0 Å². The van der Waals surface area contributed by atoms with Crippen LogP contribution in [0.3, 0.4) is 0 Å². The Morgan fingerprint density at radius 2 is 0.701 bits per heavy atom. The van der Waals surface area contributed by atoms with Gasteiger partial charge in [0.05, 0.1) is 39.9 Å². The molecule has 0 fully saturated rings.